The average Bonchev–Trinajstić information content (AvgIpc) is 3.29. The Hall–Kier alpha value is -1.76. The van der Waals surface area contributed by atoms with Gasteiger partial charge in [0.15, 0.2) is 17.5 Å². The largest absolute Gasteiger partial charge is 0.451 e. The highest BCUT2D eigenvalue weighted by atomic mass is 16.6. The molecular formula is C28H40O6. The maximum Gasteiger partial charge on any atom is 0.331 e. The van der Waals surface area contributed by atoms with Crippen LogP contribution in [0.25, 0.3) is 0 Å². The fourth-order valence-corrected chi connectivity index (χ4v) is 7.42. The number of hydrogen-bond acceptors (Lipinski definition) is 6. The highest BCUT2D eigenvalue weighted by Crippen LogP contribution is 2.71. The summed E-state index contributed by atoms with van der Waals surface area (Å²) in [7, 11) is 0. The van der Waals surface area contributed by atoms with E-state index in [2.05, 4.69) is 20.8 Å². The van der Waals surface area contributed by atoms with E-state index in [0.717, 1.165) is 32.1 Å². The van der Waals surface area contributed by atoms with Gasteiger partial charge in [-0.25, -0.2) is 4.79 Å². The number of carbonyl (C=O) groups is 2. The molecule has 0 aromatic heterocycles. The number of carbonyl (C=O) groups excluding carboxylic acids is 2. The maximum atomic E-state index is 14.3. The van der Waals surface area contributed by atoms with E-state index in [0.29, 0.717) is 11.5 Å². The molecule has 2 fully saturated rings. The molecule has 1 spiro atoms. The summed E-state index contributed by atoms with van der Waals surface area (Å²) in [6.45, 7) is 9.61. The zero-order valence-electron chi connectivity index (χ0n) is 21.1. The van der Waals surface area contributed by atoms with Crippen LogP contribution >= 0.6 is 0 Å². The van der Waals surface area contributed by atoms with Gasteiger partial charge in [-0.15, -0.1) is 0 Å². The third-order valence-electron chi connectivity index (χ3n) is 9.36. The van der Waals surface area contributed by atoms with Gasteiger partial charge in [-0.1, -0.05) is 58.8 Å². The Bertz CT molecular complexity index is 945. The lowest BCUT2D eigenvalue weighted by Gasteiger charge is -2.49. The second-order valence-corrected chi connectivity index (χ2v) is 11.6. The van der Waals surface area contributed by atoms with E-state index in [4.69, 9.17) is 4.74 Å². The molecule has 0 aromatic rings. The second-order valence-electron chi connectivity index (χ2n) is 11.6. The Balaban J connectivity index is 1.78. The number of esters is 1. The van der Waals surface area contributed by atoms with Crippen molar-refractivity contribution in [2.24, 2.45) is 34.5 Å². The zero-order valence-corrected chi connectivity index (χ0v) is 21.1. The van der Waals surface area contributed by atoms with Crippen LogP contribution in [0.3, 0.4) is 0 Å². The minimum Gasteiger partial charge on any atom is -0.451 e. The van der Waals surface area contributed by atoms with E-state index in [-0.39, 0.29) is 28.6 Å². The first-order chi connectivity index (χ1) is 16.0. The molecule has 34 heavy (non-hydrogen) atoms. The fraction of sp³-hybridized carbons (Fsp3) is 0.714. The van der Waals surface area contributed by atoms with Crippen molar-refractivity contribution in [2.45, 2.75) is 84.5 Å². The summed E-state index contributed by atoms with van der Waals surface area (Å²) in [5.41, 5.74) is -2.73. The highest BCUT2D eigenvalue weighted by Gasteiger charge is 2.76. The van der Waals surface area contributed by atoms with Gasteiger partial charge in [0.1, 0.15) is 6.10 Å². The number of allylic oxidation sites excluding steroid dienone is 2. The lowest BCUT2D eigenvalue weighted by Crippen LogP contribution is -2.66. The summed E-state index contributed by atoms with van der Waals surface area (Å²) in [4.78, 5) is 27.1. The van der Waals surface area contributed by atoms with Crippen molar-refractivity contribution in [3.63, 3.8) is 0 Å². The number of aliphatic hydroxyl groups excluding tert-OH is 2. The van der Waals surface area contributed by atoms with Crippen LogP contribution in [-0.2, 0) is 14.3 Å². The van der Waals surface area contributed by atoms with Crippen LogP contribution in [-0.4, -0.2) is 51.5 Å². The number of Topliss-reactive ketones (excluding diaryl/α,β-unsaturated/α-hetero) is 1. The zero-order chi connectivity index (χ0) is 25.1. The normalized spacial score (nSPS) is 42.3. The summed E-state index contributed by atoms with van der Waals surface area (Å²) < 4.78 is 5.81. The Morgan fingerprint density at radius 1 is 1.29 bits per heavy atom. The molecule has 0 heterocycles. The monoisotopic (exact) mass is 472 g/mol. The smallest absolute Gasteiger partial charge is 0.331 e. The number of hydrogen-bond donors (Lipinski definition) is 3. The molecule has 0 aliphatic heterocycles. The van der Waals surface area contributed by atoms with Crippen molar-refractivity contribution in [1.29, 1.82) is 0 Å². The van der Waals surface area contributed by atoms with Crippen LogP contribution in [0.4, 0.5) is 0 Å². The summed E-state index contributed by atoms with van der Waals surface area (Å²) in [5.74, 6) is -1.18. The maximum absolute atomic E-state index is 14.3. The van der Waals surface area contributed by atoms with Crippen molar-refractivity contribution in [3.05, 3.63) is 35.5 Å². The number of rotatable bonds is 7. The van der Waals surface area contributed by atoms with Crippen LogP contribution in [0, 0.1) is 34.5 Å². The molecule has 4 aliphatic rings. The van der Waals surface area contributed by atoms with Gasteiger partial charge in [-0.2, -0.15) is 0 Å². The van der Waals surface area contributed by atoms with Crippen LogP contribution in [0.5, 0.6) is 0 Å². The fourth-order valence-electron chi connectivity index (χ4n) is 7.42. The first-order valence-electron chi connectivity index (χ1n) is 12.8. The molecule has 0 saturated heterocycles. The molecule has 3 N–H and O–H groups in total. The summed E-state index contributed by atoms with van der Waals surface area (Å²) in [5, 5.41) is 33.9. The van der Waals surface area contributed by atoms with Gasteiger partial charge in [0.2, 0.25) is 0 Å². The average molecular weight is 473 g/mol. The lowest BCUT2D eigenvalue weighted by atomic mass is 9.59. The third kappa shape index (κ3) is 3.40. The molecule has 188 valence electrons. The number of ketones is 1. The number of unbranched alkanes of at least 4 members (excludes halogenated alkanes) is 3. The van der Waals surface area contributed by atoms with E-state index in [1.54, 1.807) is 25.2 Å². The molecule has 0 aromatic carbocycles. The molecule has 6 nitrogen and oxygen atoms in total. The van der Waals surface area contributed by atoms with Crippen LogP contribution in [0.1, 0.15) is 66.7 Å². The molecule has 4 rings (SSSR count). The van der Waals surface area contributed by atoms with Gasteiger partial charge in [0.25, 0.3) is 0 Å². The molecule has 4 aliphatic carbocycles. The first kappa shape index (κ1) is 25.3. The molecule has 6 heteroatoms. The van der Waals surface area contributed by atoms with Gasteiger partial charge in [-0.3, -0.25) is 4.79 Å². The third-order valence-corrected chi connectivity index (χ3v) is 9.36. The van der Waals surface area contributed by atoms with E-state index < -0.39 is 41.7 Å². The van der Waals surface area contributed by atoms with Crippen LogP contribution < -0.4 is 0 Å². The minimum atomic E-state index is -2.08. The van der Waals surface area contributed by atoms with Crippen molar-refractivity contribution in [1.82, 2.24) is 0 Å². The summed E-state index contributed by atoms with van der Waals surface area (Å²) >= 11 is 0. The van der Waals surface area contributed by atoms with E-state index in [1.165, 1.54) is 6.08 Å². The molecule has 0 unspecified atom stereocenters. The lowest BCUT2D eigenvalue weighted by molar-refractivity contribution is -0.202. The molecule has 0 amide bonds. The Morgan fingerprint density at radius 3 is 2.65 bits per heavy atom. The number of aliphatic hydroxyl groups is 3. The van der Waals surface area contributed by atoms with Gasteiger partial charge in [-0.05, 0) is 60.5 Å². The molecule has 2 bridgehead atoms. The molecular weight excluding hydrogens is 432 g/mol. The first-order valence-corrected chi connectivity index (χ1v) is 12.8. The van der Waals surface area contributed by atoms with Crippen molar-refractivity contribution >= 4 is 11.8 Å². The number of ether oxygens (including phenoxy) is 1. The van der Waals surface area contributed by atoms with Crippen molar-refractivity contribution in [3.8, 4) is 0 Å². The second kappa shape index (κ2) is 8.72. The predicted molar refractivity (Wildman–Crippen MR) is 129 cm³/mol. The van der Waals surface area contributed by atoms with Gasteiger partial charge in [0, 0.05) is 12.0 Å². The topological polar surface area (TPSA) is 104 Å². The summed E-state index contributed by atoms with van der Waals surface area (Å²) in [6, 6.07) is 0. The van der Waals surface area contributed by atoms with Crippen molar-refractivity contribution < 1.29 is 29.6 Å². The van der Waals surface area contributed by atoms with E-state index in [1.807, 2.05) is 6.92 Å². The Morgan fingerprint density at radius 2 is 2.00 bits per heavy atom. The molecule has 0 radical (unpaired) electrons. The van der Waals surface area contributed by atoms with Crippen LogP contribution in [0.15, 0.2) is 35.5 Å². The summed E-state index contributed by atoms with van der Waals surface area (Å²) in [6.07, 6.45) is 8.42. The Kier molecular flexibility index (Phi) is 6.50. The van der Waals surface area contributed by atoms with E-state index >= 15 is 0 Å². The van der Waals surface area contributed by atoms with E-state index in [9.17, 15) is 24.9 Å². The quantitative estimate of drug-likeness (QED) is 0.227. The standard InChI is InChI=1S/C28H40O6/c1-6-7-8-9-10-11-21(30)34-25-18(15-29)13-19-22-20(26(22,4)5)12-17(3)27(24(19)32)14-16(2)23(31)28(25,27)33/h10-11,13-14,17,19-20,22-23,25,29,31,33H,6-9,12,15H2,1-5H3/t17-,19+,20-,22+,23+,25+,27+,28+/m1/s1. The predicted octanol–water partition coefficient (Wildman–Crippen LogP) is 3.50. The van der Waals surface area contributed by atoms with Crippen LogP contribution in [0.2, 0.25) is 0 Å². The minimum absolute atomic E-state index is 0.0287. The van der Waals surface area contributed by atoms with Gasteiger partial charge in [0.05, 0.1) is 12.0 Å². The molecule has 2 saturated carbocycles. The van der Waals surface area contributed by atoms with Gasteiger partial charge < -0.3 is 20.1 Å². The molecule has 8 atom stereocenters. The van der Waals surface area contributed by atoms with Crippen molar-refractivity contribution in [2.75, 3.05) is 6.61 Å². The van der Waals surface area contributed by atoms with Gasteiger partial charge >= 0.3 is 5.97 Å². The SMILES string of the molecule is CCCCCC=CC(=O)O[C@H]1C(CO)=C[C@@H]2C(=O)[C@]3(C=C(C)[C@H](O)[C@]13O)[C@H](C)C[C@@H]1[C@H]2C1(C)C. The highest BCUT2D eigenvalue weighted by molar-refractivity contribution is 5.95. The Labute approximate surface area is 202 Å². The number of fused-ring (bicyclic) bond motifs is 3.